The van der Waals surface area contributed by atoms with E-state index in [1.54, 1.807) is 7.11 Å². The van der Waals surface area contributed by atoms with Gasteiger partial charge in [0.25, 0.3) is 0 Å². The highest BCUT2D eigenvalue weighted by atomic mass is 16.5. The maximum Gasteiger partial charge on any atom is 0.119 e. The molecule has 0 radical (unpaired) electrons. The molecule has 3 aromatic carbocycles. The number of ether oxygens (including phenoxy) is 1. The van der Waals surface area contributed by atoms with Crippen LogP contribution >= 0.6 is 0 Å². The quantitative estimate of drug-likeness (QED) is 0.339. The number of aromatic nitrogens is 3. The molecule has 2 N–H and O–H groups in total. The van der Waals surface area contributed by atoms with Crippen LogP contribution in [0, 0.1) is 6.92 Å². The molecule has 1 atom stereocenters. The molecular formula is C28H26N4O. The van der Waals surface area contributed by atoms with Gasteiger partial charge < -0.3 is 10.1 Å². The van der Waals surface area contributed by atoms with E-state index >= 15 is 0 Å². The van der Waals surface area contributed by atoms with E-state index in [2.05, 4.69) is 94.2 Å². The van der Waals surface area contributed by atoms with Crippen LogP contribution in [0.1, 0.15) is 28.3 Å². The number of nitrogens with zero attached hydrogens (tertiary/aromatic N) is 2. The molecular weight excluding hydrogens is 408 g/mol. The largest absolute Gasteiger partial charge is 0.497 e. The standard InChI is InChI=1S/C28H26N4O/c1-19-3-5-20(6-4-19)27(21-11-13-29-14-12-21)30-17-25-18-31-32-28(25)24-8-7-23-16-26(33-2)10-9-22(23)15-24/h3-16,18,27,30H,17H2,1-2H3,(H,31,32). The number of H-pyrrole nitrogens is 1. The third-order valence-corrected chi connectivity index (χ3v) is 6.00. The van der Waals surface area contributed by atoms with Crippen molar-refractivity contribution >= 4 is 10.8 Å². The average molecular weight is 435 g/mol. The highest BCUT2D eigenvalue weighted by molar-refractivity contribution is 5.88. The van der Waals surface area contributed by atoms with Crippen LogP contribution in [0.25, 0.3) is 22.0 Å². The maximum absolute atomic E-state index is 5.35. The van der Waals surface area contributed by atoms with Crippen molar-refractivity contribution in [2.75, 3.05) is 7.11 Å². The molecule has 0 aliphatic heterocycles. The Balaban J connectivity index is 1.42. The molecule has 0 bridgehead atoms. The first-order chi connectivity index (χ1) is 16.2. The Morgan fingerprint density at radius 2 is 1.61 bits per heavy atom. The molecule has 5 nitrogen and oxygen atoms in total. The second-order valence-electron chi connectivity index (χ2n) is 8.20. The zero-order valence-corrected chi connectivity index (χ0v) is 18.7. The van der Waals surface area contributed by atoms with Gasteiger partial charge in [0.2, 0.25) is 0 Å². The summed E-state index contributed by atoms with van der Waals surface area (Å²) in [7, 11) is 1.69. The van der Waals surface area contributed by atoms with Gasteiger partial charge in [0, 0.05) is 30.1 Å². The second kappa shape index (κ2) is 9.27. The third kappa shape index (κ3) is 4.49. The first-order valence-corrected chi connectivity index (χ1v) is 11.0. The van der Waals surface area contributed by atoms with Gasteiger partial charge in [0.15, 0.2) is 0 Å². The van der Waals surface area contributed by atoms with E-state index in [9.17, 15) is 0 Å². The van der Waals surface area contributed by atoms with Crippen LogP contribution in [0.3, 0.4) is 0 Å². The molecule has 164 valence electrons. The van der Waals surface area contributed by atoms with Crippen molar-refractivity contribution in [1.29, 1.82) is 0 Å². The van der Waals surface area contributed by atoms with E-state index in [1.165, 1.54) is 16.7 Å². The first-order valence-electron chi connectivity index (χ1n) is 11.0. The first kappa shape index (κ1) is 20.9. The van der Waals surface area contributed by atoms with Gasteiger partial charge in [-0.1, -0.05) is 48.0 Å². The number of pyridine rings is 1. The zero-order chi connectivity index (χ0) is 22.6. The molecule has 2 heterocycles. The van der Waals surface area contributed by atoms with Gasteiger partial charge in [-0.3, -0.25) is 10.1 Å². The molecule has 0 saturated heterocycles. The van der Waals surface area contributed by atoms with E-state index in [-0.39, 0.29) is 6.04 Å². The SMILES string of the molecule is COc1ccc2cc(-c3[nH]ncc3CNC(c3ccncc3)c3ccc(C)cc3)ccc2c1. The zero-order valence-electron chi connectivity index (χ0n) is 18.7. The fourth-order valence-corrected chi connectivity index (χ4v) is 4.16. The summed E-state index contributed by atoms with van der Waals surface area (Å²) < 4.78 is 5.35. The average Bonchev–Trinajstić information content (AvgIpc) is 3.34. The van der Waals surface area contributed by atoms with Crippen molar-refractivity contribution in [3.8, 4) is 17.0 Å². The number of hydrogen-bond donors (Lipinski definition) is 2. The summed E-state index contributed by atoms with van der Waals surface area (Å²) in [5.41, 5.74) is 6.90. The number of aryl methyl sites for hydroxylation is 1. The summed E-state index contributed by atoms with van der Waals surface area (Å²) in [5.74, 6) is 0.861. The second-order valence-corrected chi connectivity index (χ2v) is 8.20. The van der Waals surface area contributed by atoms with Crippen LogP contribution in [0.5, 0.6) is 5.75 Å². The number of fused-ring (bicyclic) bond motifs is 1. The van der Waals surface area contributed by atoms with Gasteiger partial charge in [-0.05, 0) is 59.2 Å². The van der Waals surface area contributed by atoms with Gasteiger partial charge in [-0.25, -0.2) is 0 Å². The van der Waals surface area contributed by atoms with Gasteiger partial charge in [-0.15, -0.1) is 0 Å². The minimum absolute atomic E-state index is 0.0559. The Labute approximate surface area is 193 Å². The number of aromatic amines is 1. The Bertz CT molecular complexity index is 1360. The molecule has 2 aromatic heterocycles. The van der Waals surface area contributed by atoms with Gasteiger partial charge >= 0.3 is 0 Å². The van der Waals surface area contributed by atoms with Crippen molar-refractivity contribution < 1.29 is 4.74 Å². The highest BCUT2D eigenvalue weighted by Crippen LogP contribution is 2.29. The van der Waals surface area contributed by atoms with Crippen molar-refractivity contribution in [3.63, 3.8) is 0 Å². The normalized spacial score (nSPS) is 12.1. The predicted octanol–water partition coefficient (Wildman–Crippen LogP) is 5.82. The Hall–Kier alpha value is -3.96. The third-order valence-electron chi connectivity index (χ3n) is 6.00. The molecule has 0 aliphatic rings. The molecule has 5 heteroatoms. The van der Waals surface area contributed by atoms with Gasteiger partial charge in [0.1, 0.15) is 5.75 Å². The predicted molar refractivity (Wildman–Crippen MR) is 132 cm³/mol. The minimum atomic E-state index is 0.0559. The summed E-state index contributed by atoms with van der Waals surface area (Å²) >= 11 is 0. The van der Waals surface area contributed by atoms with E-state index in [0.29, 0.717) is 6.54 Å². The van der Waals surface area contributed by atoms with E-state index in [4.69, 9.17) is 4.74 Å². The summed E-state index contributed by atoms with van der Waals surface area (Å²) in [6.07, 6.45) is 5.58. The van der Waals surface area contributed by atoms with Gasteiger partial charge in [0.05, 0.1) is 25.0 Å². The topological polar surface area (TPSA) is 62.8 Å². The molecule has 5 rings (SSSR count). The lowest BCUT2D eigenvalue weighted by atomic mass is 9.98. The van der Waals surface area contributed by atoms with E-state index in [0.717, 1.165) is 33.3 Å². The number of nitrogens with one attached hydrogen (secondary N) is 2. The molecule has 0 aliphatic carbocycles. The van der Waals surface area contributed by atoms with Gasteiger partial charge in [-0.2, -0.15) is 5.10 Å². The molecule has 33 heavy (non-hydrogen) atoms. The number of rotatable bonds is 7. The number of hydrogen-bond acceptors (Lipinski definition) is 4. The summed E-state index contributed by atoms with van der Waals surface area (Å²) in [6, 6.07) is 25.4. The molecule has 0 spiro atoms. The monoisotopic (exact) mass is 434 g/mol. The smallest absolute Gasteiger partial charge is 0.119 e. The molecule has 1 unspecified atom stereocenters. The fraction of sp³-hybridized carbons (Fsp3) is 0.143. The van der Waals surface area contributed by atoms with Crippen LogP contribution in [-0.2, 0) is 6.54 Å². The van der Waals surface area contributed by atoms with Crippen LogP contribution < -0.4 is 10.1 Å². The van der Waals surface area contributed by atoms with E-state index < -0.39 is 0 Å². The van der Waals surface area contributed by atoms with Crippen LogP contribution in [0.4, 0.5) is 0 Å². The molecule has 5 aromatic rings. The summed E-state index contributed by atoms with van der Waals surface area (Å²) in [6.45, 7) is 2.78. The Morgan fingerprint density at radius 1 is 0.879 bits per heavy atom. The highest BCUT2D eigenvalue weighted by Gasteiger charge is 2.16. The minimum Gasteiger partial charge on any atom is -0.497 e. The van der Waals surface area contributed by atoms with Crippen molar-refractivity contribution in [2.24, 2.45) is 0 Å². The van der Waals surface area contributed by atoms with Crippen LogP contribution in [0.15, 0.2) is 91.4 Å². The van der Waals surface area contributed by atoms with Crippen molar-refractivity contribution in [3.05, 3.63) is 114 Å². The van der Waals surface area contributed by atoms with Crippen molar-refractivity contribution in [1.82, 2.24) is 20.5 Å². The molecule has 0 amide bonds. The summed E-state index contributed by atoms with van der Waals surface area (Å²) in [5, 5.41) is 13.6. The molecule has 0 fully saturated rings. The van der Waals surface area contributed by atoms with E-state index in [1.807, 2.05) is 24.7 Å². The van der Waals surface area contributed by atoms with Crippen LogP contribution in [0.2, 0.25) is 0 Å². The van der Waals surface area contributed by atoms with Crippen LogP contribution in [-0.4, -0.2) is 22.3 Å². The van der Waals surface area contributed by atoms with Crippen molar-refractivity contribution in [2.45, 2.75) is 19.5 Å². The Morgan fingerprint density at radius 3 is 2.39 bits per heavy atom. The lowest BCUT2D eigenvalue weighted by Gasteiger charge is -2.20. The maximum atomic E-state index is 5.35. The molecule has 0 saturated carbocycles. The summed E-state index contributed by atoms with van der Waals surface area (Å²) in [4.78, 5) is 4.18. The Kier molecular flexibility index (Phi) is 5.87. The number of benzene rings is 3. The lowest BCUT2D eigenvalue weighted by Crippen LogP contribution is -2.22. The fourth-order valence-electron chi connectivity index (χ4n) is 4.16. The number of methoxy groups -OCH3 is 1. The lowest BCUT2D eigenvalue weighted by molar-refractivity contribution is 0.415.